The van der Waals surface area contributed by atoms with Crippen LogP contribution in [0.25, 0.3) is 32.7 Å². The average molecular weight is 399 g/mol. The zero-order valence-corrected chi connectivity index (χ0v) is 17.6. The summed E-state index contributed by atoms with van der Waals surface area (Å²) in [5, 5.41) is 4.68. The van der Waals surface area contributed by atoms with Crippen molar-refractivity contribution in [2.24, 2.45) is 0 Å². The van der Waals surface area contributed by atoms with Crippen molar-refractivity contribution in [1.82, 2.24) is 0 Å². The van der Waals surface area contributed by atoms with Gasteiger partial charge in [-0.3, -0.25) is 0 Å². The van der Waals surface area contributed by atoms with Crippen LogP contribution in [0.4, 0.5) is 0 Å². The van der Waals surface area contributed by atoms with Crippen LogP contribution in [-0.2, 0) is 9.47 Å². The molecule has 5 rings (SSSR count). The Labute approximate surface area is 177 Å². The Hall–Kier alpha value is -2.88. The second-order valence-electron chi connectivity index (χ2n) is 8.08. The highest BCUT2D eigenvalue weighted by Crippen LogP contribution is 2.43. The minimum Gasteiger partial charge on any atom is -0.496 e. The van der Waals surface area contributed by atoms with Crippen LogP contribution in [0.2, 0.25) is 0 Å². The van der Waals surface area contributed by atoms with Crippen molar-refractivity contribution in [3.63, 3.8) is 0 Å². The van der Waals surface area contributed by atoms with Crippen LogP contribution in [0.15, 0.2) is 72.8 Å². The van der Waals surface area contributed by atoms with Gasteiger partial charge in [-0.25, -0.2) is 0 Å². The molecule has 30 heavy (non-hydrogen) atoms. The van der Waals surface area contributed by atoms with Gasteiger partial charge in [-0.05, 0) is 53.4 Å². The summed E-state index contributed by atoms with van der Waals surface area (Å²) >= 11 is 0. The van der Waals surface area contributed by atoms with E-state index in [1.807, 2.05) is 0 Å². The fourth-order valence-electron chi connectivity index (χ4n) is 4.65. The van der Waals surface area contributed by atoms with Crippen molar-refractivity contribution in [3.8, 4) is 16.9 Å². The van der Waals surface area contributed by atoms with Crippen LogP contribution < -0.4 is 4.74 Å². The SMILES string of the molecule is COc1ccc2ccccc2c1-c1cccc2cccc(C3OC(C)C[C@@H](C)O3)c12. The Kier molecular flexibility index (Phi) is 4.93. The highest BCUT2D eigenvalue weighted by atomic mass is 16.7. The first-order valence-electron chi connectivity index (χ1n) is 10.5. The fourth-order valence-corrected chi connectivity index (χ4v) is 4.65. The van der Waals surface area contributed by atoms with E-state index in [0.29, 0.717) is 0 Å². The van der Waals surface area contributed by atoms with Crippen molar-refractivity contribution in [2.75, 3.05) is 7.11 Å². The molecular weight excluding hydrogens is 372 g/mol. The topological polar surface area (TPSA) is 27.7 Å². The van der Waals surface area contributed by atoms with Crippen LogP contribution in [0.3, 0.4) is 0 Å². The van der Waals surface area contributed by atoms with Crippen molar-refractivity contribution in [3.05, 3.63) is 78.4 Å². The van der Waals surface area contributed by atoms with Gasteiger partial charge in [0.2, 0.25) is 0 Å². The molecule has 0 bridgehead atoms. The molecule has 3 heteroatoms. The van der Waals surface area contributed by atoms with Crippen LogP contribution in [0.1, 0.15) is 32.1 Å². The maximum Gasteiger partial charge on any atom is 0.185 e. The third-order valence-electron chi connectivity index (χ3n) is 5.95. The second-order valence-corrected chi connectivity index (χ2v) is 8.08. The number of hydrogen-bond donors (Lipinski definition) is 0. The van der Waals surface area contributed by atoms with E-state index in [9.17, 15) is 0 Å². The molecule has 2 unspecified atom stereocenters. The van der Waals surface area contributed by atoms with Gasteiger partial charge in [0.05, 0.1) is 19.3 Å². The highest BCUT2D eigenvalue weighted by Gasteiger charge is 2.28. The molecule has 152 valence electrons. The molecule has 1 saturated heterocycles. The molecule has 3 nitrogen and oxygen atoms in total. The maximum atomic E-state index is 6.23. The van der Waals surface area contributed by atoms with Crippen LogP contribution >= 0.6 is 0 Å². The fraction of sp³-hybridized carbons (Fsp3) is 0.259. The minimum absolute atomic E-state index is 0.160. The van der Waals surface area contributed by atoms with Gasteiger partial charge in [0.1, 0.15) is 5.75 Å². The molecule has 1 heterocycles. The average Bonchev–Trinajstić information content (AvgIpc) is 2.77. The van der Waals surface area contributed by atoms with Crippen molar-refractivity contribution < 1.29 is 14.2 Å². The molecule has 1 aliphatic rings. The van der Waals surface area contributed by atoms with E-state index >= 15 is 0 Å². The van der Waals surface area contributed by atoms with Gasteiger partial charge in [-0.1, -0.05) is 66.7 Å². The van der Waals surface area contributed by atoms with Gasteiger partial charge in [0.25, 0.3) is 0 Å². The maximum absolute atomic E-state index is 6.23. The van der Waals surface area contributed by atoms with Crippen molar-refractivity contribution in [2.45, 2.75) is 38.8 Å². The molecular formula is C27H26O3. The van der Waals surface area contributed by atoms with Crippen LogP contribution in [0, 0.1) is 0 Å². The largest absolute Gasteiger partial charge is 0.496 e. The smallest absolute Gasteiger partial charge is 0.185 e. The molecule has 0 aromatic heterocycles. The first kappa shape index (κ1) is 19.1. The minimum atomic E-state index is -0.380. The third kappa shape index (κ3) is 3.24. The summed E-state index contributed by atoms with van der Waals surface area (Å²) in [7, 11) is 1.73. The number of benzene rings is 4. The Morgan fingerprint density at radius 1 is 0.767 bits per heavy atom. The lowest BCUT2D eigenvalue weighted by Gasteiger charge is -2.33. The molecule has 4 aromatic carbocycles. The summed E-state index contributed by atoms with van der Waals surface area (Å²) in [6.45, 7) is 4.23. The summed E-state index contributed by atoms with van der Waals surface area (Å²) in [4.78, 5) is 0. The van der Waals surface area contributed by atoms with Crippen molar-refractivity contribution in [1.29, 1.82) is 0 Å². The van der Waals surface area contributed by atoms with E-state index in [-0.39, 0.29) is 18.5 Å². The van der Waals surface area contributed by atoms with Gasteiger partial charge >= 0.3 is 0 Å². The number of rotatable bonds is 3. The molecule has 1 aliphatic heterocycles. The van der Waals surface area contributed by atoms with E-state index in [1.165, 1.54) is 10.8 Å². The first-order chi connectivity index (χ1) is 14.7. The standard InChI is InChI=1S/C27H26O3/c1-17-16-18(2)30-27(29-17)23-13-7-10-20-9-6-12-22(25(20)23)26-21-11-5-4-8-19(21)14-15-24(26)28-3/h4-15,17-18,27H,16H2,1-3H3/t17-,18?,27?/m1/s1. The molecule has 0 spiro atoms. The summed E-state index contributed by atoms with van der Waals surface area (Å²) in [6.07, 6.45) is 0.849. The number of ether oxygens (including phenoxy) is 3. The summed E-state index contributed by atoms with van der Waals surface area (Å²) in [6, 6.07) is 25.4. The molecule has 0 amide bonds. The Morgan fingerprint density at radius 3 is 2.23 bits per heavy atom. The first-order valence-corrected chi connectivity index (χ1v) is 10.5. The van der Waals surface area contributed by atoms with E-state index in [4.69, 9.17) is 14.2 Å². The molecule has 0 saturated carbocycles. The van der Waals surface area contributed by atoms with Gasteiger partial charge in [0.15, 0.2) is 6.29 Å². The van der Waals surface area contributed by atoms with Crippen LogP contribution in [0.5, 0.6) is 5.75 Å². The predicted octanol–water partition coefficient (Wildman–Crippen LogP) is 6.88. The lowest BCUT2D eigenvalue weighted by atomic mass is 9.90. The quantitative estimate of drug-likeness (QED) is 0.376. The molecule has 3 atom stereocenters. The number of hydrogen-bond acceptors (Lipinski definition) is 3. The Balaban J connectivity index is 1.81. The summed E-state index contributed by atoms with van der Waals surface area (Å²) in [5.41, 5.74) is 3.30. The number of methoxy groups -OCH3 is 1. The lowest BCUT2D eigenvalue weighted by Crippen LogP contribution is -2.30. The zero-order valence-electron chi connectivity index (χ0n) is 17.6. The predicted molar refractivity (Wildman–Crippen MR) is 122 cm³/mol. The molecule has 4 aromatic rings. The van der Waals surface area contributed by atoms with E-state index in [0.717, 1.165) is 39.6 Å². The second kappa shape index (κ2) is 7.75. The monoisotopic (exact) mass is 398 g/mol. The lowest BCUT2D eigenvalue weighted by molar-refractivity contribution is -0.238. The summed E-state index contributed by atoms with van der Waals surface area (Å²) in [5.74, 6) is 0.864. The molecule has 0 aliphatic carbocycles. The van der Waals surface area contributed by atoms with E-state index in [1.54, 1.807) is 7.11 Å². The van der Waals surface area contributed by atoms with E-state index in [2.05, 4.69) is 86.6 Å². The van der Waals surface area contributed by atoms with Gasteiger partial charge in [-0.15, -0.1) is 0 Å². The zero-order chi connectivity index (χ0) is 20.7. The Morgan fingerprint density at radius 2 is 1.47 bits per heavy atom. The van der Waals surface area contributed by atoms with Gasteiger partial charge < -0.3 is 14.2 Å². The van der Waals surface area contributed by atoms with E-state index < -0.39 is 0 Å². The highest BCUT2D eigenvalue weighted by molar-refractivity contribution is 6.08. The van der Waals surface area contributed by atoms with Crippen molar-refractivity contribution >= 4 is 21.5 Å². The third-order valence-corrected chi connectivity index (χ3v) is 5.95. The Bertz CT molecular complexity index is 1200. The number of fused-ring (bicyclic) bond motifs is 2. The normalized spacial score (nSPS) is 21.8. The summed E-state index contributed by atoms with van der Waals surface area (Å²) < 4.78 is 18.3. The van der Waals surface area contributed by atoms with Gasteiger partial charge in [-0.2, -0.15) is 0 Å². The van der Waals surface area contributed by atoms with Gasteiger partial charge in [0, 0.05) is 11.1 Å². The molecule has 0 radical (unpaired) electrons. The van der Waals surface area contributed by atoms with Crippen LogP contribution in [-0.4, -0.2) is 19.3 Å². The molecule has 0 N–H and O–H groups in total. The molecule has 1 fully saturated rings.